The SMILES string of the molecule is OCc1cc(C(F)F)cc2c1OCCO2. The monoisotopic (exact) mass is 216 g/mol. The van der Waals surface area contributed by atoms with Gasteiger partial charge in [-0.3, -0.25) is 0 Å². The van der Waals surface area contributed by atoms with Crippen molar-refractivity contribution >= 4 is 0 Å². The maximum absolute atomic E-state index is 12.5. The van der Waals surface area contributed by atoms with Crippen molar-refractivity contribution in [3.63, 3.8) is 0 Å². The van der Waals surface area contributed by atoms with E-state index in [1.54, 1.807) is 0 Å². The van der Waals surface area contributed by atoms with Gasteiger partial charge in [-0.15, -0.1) is 0 Å². The van der Waals surface area contributed by atoms with Gasteiger partial charge in [-0.1, -0.05) is 0 Å². The fourth-order valence-electron chi connectivity index (χ4n) is 1.49. The molecule has 1 aromatic rings. The minimum absolute atomic E-state index is 0.164. The molecule has 0 unspecified atom stereocenters. The van der Waals surface area contributed by atoms with E-state index >= 15 is 0 Å². The molecule has 0 atom stereocenters. The Labute approximate surface area is 85.2 Å². The molecular formula is C10H10F2O3. The molecule has 15 heavy (non-hydrogen) atoms. The number of benzene rings is 1. The first-order valence-corrected chi connectivity index (χ1v) is 4.54. The highest BCUT2D eigenvalue weighted by atomic mass is 19.3. The van der Waals surface area contributed by atoms with Crippen LogP contribution in [0.5, 0.6) is 11.5 Å². The van der Waals surface area contributed by atoms with Gasteiger partial charge in [0.25, 0.3) is 6.43 Å². The normalized spacial score (nSPS) is 14.4. The Morgan fingerprint density at radius 2 is 2.00 bits per heavy atom. The third-order valence-electron chi connectivity index (χ3n) is 2.16. The summed E-state index contributed by atoms with van der Waals surface area (Å²) < 4.78 is 35.4. The van der Waals surface area contributed by atoms with Gasteiger partial charge in [0, 0.05) is 11.1 Å². The Bertz CT molecular complexity index is 349. The summed E-state index contributed by atoms with van der Waals surface area (Å²) >= 11 is 0. The van der Waals surface area contributed by atoms with Crippen LogP contribution in [0, 0.1) is 0 Å². The Morgan fingerprint density at radius 1 is 1.27 bits per heavy atom. The molecule has 0 aliphatic carbocycles. The van der Waals surface area contributed by atoms with Crippen molar-refractivity contribution in [3.05, 3.63) is 23.3 Å². The second-order valence-electron chi connectivity index (χ2n) is 3.16. The lowest BCUT2D eigenvalue weighted by atomic mass is 10.1. The topological polar surface area (TPSA) is 38.7 Å². The van der Waals surface area contributed by atoms with E-state index < -0.39 is 6.43 Å². The summed E-state index contributed by atoms with van der Waals surface area (Å²) in [4.78, 5) is 0. The molecule has 0 amide bonds. The zero-order valence-corrected chi connectivity index (χ0v) is 7.87. The van der Waals surface area contributed by atoms with Gasteiger partial charge < -0.3 is 14.6 Å². The van der Waals surface area contributed by atoms with Crippen molar-refractivity contribution in [2.24, 2.45) is 0 Å². The zero-order chi connectivity index (χ0) is 10.8. The van der Waals surface area contributed by atoms with Crippen molar-refractivity contribution in [2.75, 3.05) is 13.2 Å². The summed E-state index contributed by atoms with van der Waals surface area (Å²) in [6, 6.07) is 2.48. The highest BCUT2D eigenvalue weighted by molar-refractivity contribution is 5.50. The average Bonchev–Trinajstić information content (AvgIpc) is 2.27. The molecule has 1 heterocycles. The molecular weight excluding hydrogens is 206 g/mol. The number of ether oxygens (including phenoxy) is 2. The lowest BCUT2D eigenvalue weighted by Gasteiger charge is -2.21. The van der Waals surface area contributed by atoms with E-state index in [0.29, 0.717) is 24.5 Å². The summed E-state index contributed by atoms with van der Waals surface area (Å²) in [5.74, 6) is 0.649. The Morgan fingerprint density at radius 3 is 2.67 bits per heavy atom. The van der Waals surface area contributed by atoms with E-state index in [2.05, 4.69) is 0 Å². The van der Waals surface area contributed by atoms with Gasteiger partial charge in [-0.25, -0.2) is 8.78 Å². The number of aliphatic hydroxyl groups excluding tert-OH is 1. The van der Waals surface area contributed by atoms with Gasteiger partial charge in [-0.05, 0) is 12.1 Å². The molecule has 0 radical (unpaired) electrons. The number of aliphatic hydroxyl groups is 1. The van der Waals surface area contributed by atoms with Crippen LogP contribution in [0.25, 0.3) is 0 Å². The standard InChI is InChI=1S/C10H10F2O3/c11-10(12)6-3-7(5-13)9-8(4-6)14-1-2-15-9/h3-4,10,13H,1-2,5H2. The molecule has 1 N–H and O–H groups in total. The van der Waals surface area contributed by atoms with Gasteiger partial charge in [0.05, 0.1) is 6.61 Å². The summed E-state index contributed by atoms with van der Waals surface area (Å²) in [7, 11) is 0. The van der Waals surface area contributed by atoms with Crippen LogP contribution in [0.4, 0.5) is 8.78 Å². The van der Waals surface area contributed by atoms with Gasteiger partial charge in [0.1, 0.15) is 13.2 Å². The summed E-state index contributed by atoms with van der Waals surface area (Å²) in [5.41, 5.74) is 0.172. The van der Waals surface area contributed by atoms with Crippen molar-refractivity contribution in [1.82, 2.24) is 0 Å². The molecule has 0 saturated heterocycles. The molecule has 0 fully saturated rings. The van der Waals surface area contributed by atoms with Crippen LogP contribution in [0.2, 0.25) is 0 Å². The van der Waals surface area contributed by atoms with Crippen molar-refractivity contribution in [2.45, 2.75) is 13.0 Å². The second kappa shape index (κ2) is 4.02. The number of fused-ring (bicyclic) bond motifs is 1. The second-order valence-corrected chi connectivity index (χ2v) is 3.16. The molecule has 82 valence electrons. The molecule has 0 bridgehead atoms. The molecule has 1 aliphatic heterocycles. The minimum atomic E-state index is -2.58. The van der Waals surface area contributed by atoms with Crippen LogP contribution in [0.15, 0.2) is 12.1 Å². The first-order valence-electron chi connectivity index (χ1n) is 4.54. The van der Waals surface area contributed by atoms with Crippen LogP contribution in [0.1, 0.15) is 17.6 Å². The largest absolute Gasteiger partial charge is 0.486 e. The molecule has 0 spiro atoms. The van der Waals surface area contributed by atoms with Crippen molar-refractivity contribution in [3.8, 4) is 11.5 Å². The minimum Gasteiger partial charge on any atom is -0.486 e. The van der Waals surface area contributed by atoms with E-state index in [0.717, 1.165) is 0 Å². The van der Waals surface area contributed by atoms with E-state index in [1.807, 2.05) is 0 Å². The van der Waals surface area contributed by atoms with Crippen LogP contribution in [-0.4, -0.2) is 18.3 Å². The molecule has 1 aromatic carbocycles. The van der Waals surface area contributed by atoms with Gasteiger partial charge >= 0.3 is 0 Å². The molecule has 3 nitrogen and oxygen atoms in total. The highest BCUT2D eigenvalue weighted by Crippen LogP contribution is 2.37. The molecule has 0 saturated carbocycles. The first-order chi connectivity index (χ1) is 7.22. The lowest BCUT2D eigenvalue weighted by Crippen LogP contribution is -2.17. The summed E-state index contributed by atoms with van der Waals surface area (Å²) in [5, 5.41) is 9.02. The van der Waals surface area contributed by atoms with Crippen LogP contribution < -0.4 is 9.47 Å². The maximum atomic E-state index is 12.5. The third-order valence-corrected chi connectivity index (χ3v) is 2.16. The van der Waals surface area contributed by atoms with E-state index in [1.165, 1.54) is 12.1 Å². The summed E-state index contributed by atoms with van der Waals surface area (Å²) in [6.45, 7) is 0.366. The first kappa shape index (κ1) is 10.2. The maximum Gasteiger partial charge on any atom is 0.263 e. The smallest absolute Gasteiger partial charge is 0.263 e. The zero-order valence-electron chi connectivity index (χ0n) is 7.87. The Hall–Kier alpha value is -1.36. The van der Waals surface area contributed by atoms with Crippen LogP contribution in [-0.2, 0) is 6.61 Å². The van der Waals surface area contributed by atoms with E-state index in [4.69, 9.17) is 14.6 Å². The quantitative estimate of drug-likeness (QED) is 0.820. The van der Waals surface area contributed by atoms with E-state index in [9.17, 15) is 8.78 Å². The fraction of sp³-hybridized carbons (Fsp3) is 0.400. The molecule has 0 aromatic heterocycles. The molecule has 5 heteroatoms. The van der Waals surface area contributed by atoms with Crippen molar-refractivity contribution in [1.29, 1.82) is 0 Å². The van der Waals surface area contributed by atoms with E-state index in [-0.39, 0.29) is 17.9 Å². The van der Waals surface area contributed by atoms with Gasteiger partial charge in [0.2, 0.25) is 0 Å². The van der Waals surface area contributed by atoms with Gasteiger partial charge in [0.15, 0.2) is 11.5 Å². The lowest BCUT2D eigenvalue weighted by molar-refractivity contribution is 0.144. The number of hydrogen-bond donors (Lipinski definition) is 1. The predicted octanol–water partition coefficient (Wildman–Crippen LogP) is 1.89. The number of hydrogen-bond acceptors (Lipinski definition) is 3. The molecule has 1 aliphatic rings. The van der Waals surface area contributed by atoms with Gasteiger partial charge in [-0.2, -0.15) is 0 Å². The third kappa shape index (κ3) is 1.87. The Balaban J connectivity index is 2.48. The number of alkyl halides is 2. The predicted molar refractivity (Wildman–Crippen MR) is 48.3 cm³/mol. The number of halogens is 2. The average molecular weight is 216 g/mol. The van der Waals surface area contributed by atoms with Crippen molar-refractivity contribution < 1.29 is 23.4 Å². The van der Waals surface area contributed by atoms with Crippen LogP contribution in [0.3, 0.4) is 0 Å². The Kier molecular flexibility index (Phi) is 2.73. The number of rotatable bonds is 2. The highest BCUT2D eigenvalue weighted by Gasteiger charge is 2.20. The molecule has 2 rings (SSSR count). The fourth-order valence-corrected chi connectivity index (χ4v) is 1.49. The summed E-state index contributed by atoms with van der Waals surface area (Å²) in [6.07, 6.45) is -2.58. The van der Waals surface area contributed by atoms with Crippen LogP contribution >= 0.6 is 0 Å².